The van der Waals surface area contributed by atoms with E-state index in [0.717, 1.165) is 6.07 Å². The summed E-state index contributed by atoms with van der Waals surface area (Å²) in [4.78, 5) is 10.1. The van der Waals surface area contributed by atoms with Crippen LogP contribution in [0.25, 0.3) is 0 Å². The second kappa shape index (κ2) is 4.04. The Labute approximate surface area is 87.7 Å². The summed E-state index contributed by atoms with van der Waals surface area (Å²) in [6, 6.07) is 2.30. The van der Waals surface area contributed by atoms with Crippen molar-refractivity contribution in [3.05, 3.63) is 34.9 Å². The van der Waals surface area contributed by atoms with Crippen LogP contribution in [0, 0.1) is 11.6 Å². The van der Waals surface area contributed by atoms with E-state index in [-0.39, 0.29) is 10.4 Å². The third kappa shape index (κ3) is 1.92. The minimum absolute atomic E-state index is 0.104. The second-order valence-corrected chi connectivity index (χ2v) is 4.12. The van der Waals surface area contributed by atoms with Crippen molar-refractivity contribution >= 4 is 21.9 Å². The highest BCUT2D eigenvalue weighted by molar-refractivity contribution is 9.09. The van der Waals surface area contributed by atoms with Crippen molar-refractivity contribution in [2.45, 2.75) is 11.8 Å². The molecule has 0 aliphatic carbocycles. The van der Waals surface area contributed by atoms with Gasteiger partial charge in [-0.2, -0.15) is 0 Å². The Bertz CT molecular complexity index is 377. The topological polar surface area (TPSA) is 37.3 Å². The number of aromatic carboxylic acids is 1. The van der Waals surface area contributed by atoms with Crippen LogP contribution in [-0.2, 0) is 0 Å². The van der Waals surface area contributed by atoms with E-state index in [1.165, 1.54) is 6.07 Å². The fraction of sp³-hybridized carbons (Fsp3) is 0.222. The molecule has 0 radical (unpaired) electrons. The Kier molecular flexibility index (Phi) is 3.21. The fourth-order valence-electron chi connectivity index (χ4n) is 1.04. The SMILES string of the molecule is CC(Br)c1ccc(C(=O)O)c(F)c1F. The molecule has 0 spiro atoms. The molecule has 1 N–H and O–H groups in total. The number of carbonyl (C=O) groups is 1. The Morgan fingerprint density at radius 3 is 2.43 bits per heavy atom. The molecule has 0 aliphatic rings. The molecule has 1 aromatic carbocycles. The van der Waals surface area contributed by atoms with Gasteiger partial charge in [0.15, 0.2) is 11.6 Å². The van der Waals surface area contributed by atoms with Crippen LogP contribution < -0.4 is 0 Å². The fourth-order valence-corrected chi connectivity index (χ4v) is 1.39. The molecule has 1 atom stereocenters. The molecule has 1 unspecified atom stereocenters. The first-order valence-electron chi connectivity index (χ1n) is 3.80. The van der Waals surface area contributed by atoms with Crippen LogP contribution >= 0.6 is 15.9 Å². The number of rotatable bonds is 2. The van der Waals surface area contributed by atoms with Gasteiger partial charge in [-0.25, -0.2) is 13.6 Å². The van der Waals surface area contributed by atoms with Gasteiger partial charge in [0.25, 0.3) is 0 Å². The molecular weight excluding hydrogens is 258 g/mol. The van der Waals surface area contributed by atoms with E-state index < -0.39 is 23.2 Å². The van der Waals surface area contributed by atoms with Crippen molar-refractivity contribution in [1.29, 1.82) is 0 Å². The maximum atomic E-state index is 13.2. The summed E-state index contributed by atoms with van der Waals surface area (Å²) < 4.78 is 26.3. The normalized spacial score (nSPS) is 12.6. The van der Waals surface area contributed by atoms with Crippen molar-refractivity contribution in [1.82, 2.24) is 0 Å². The van der Waals surface area contributed by atoms with Crippen molar-refractivity contribution in [2.75, 3.05) is 0 Å². The predicted octanol–water partition coefficient (Wildman–Crippen LogP) is 3.12. The number of hydrogen-bond donors (Lipinski definition) is 1. The molecule has 0 bridgehead atoms. The highest BCUT2D eigenvalue weighted by Gasteiger charge is 2.19. The molecule has 0 saturated carbocycles. The third-order valence-electron chi connectivity index (χ3n) is 1.77. The van der Waals surface area contributed by atoms with Crippen LogP contribution in [-0.4, -0.2) is 11.1 Å². The Morgan fingerprint density at radius 1 is 1.43 bits per heavy atom. The quantitative estimate of drug-likeness (QED) is 0.834. The summed E-state index contributed by atoms with van der Waals surface area (Å²) in [7, 11) is 0. The Balaban J connectivity index is 3.33. The lowest BCUT2D eigenvalue weighted by Crippen LogP contribution is -2.05. The monoisotopic (exact) mass is 264 g/mol. The summed E-state index contributed by atoms with van der Waals surface area (Å²) in [5, 5.41) is 8.50. The molecule has 0 fully saturated rings. The molecule has 1 rings (SSSR count). The second-order valence-electron chi connectivity index (χ2n) is 2.75. The first-order chi connectivity index (χ1) is 6.45. The van der Waals surface area contributed by atoms with Gasteiger partial charge in [-0.1, -0.05) is 22.0 Å². The van der Waals surface area contributed by atoms with Crippen LogP contribution in [0.5, 0.6) is 0 Å². The molecule has 1 aromatic rings. The van der Waals surface area contributed by atoms with Gasteiger partial charge in [-0.05, 0) is 13.0 Å². The molecule has 0 saturated heterocycles. The molecule has 5 heteroatoms. The molecular formula is C9H7BrF2O2. The zero-order chi connectivity index (χ0) is 10.9. The average Bonchev–Trinajstić information content (AvgIpc) is 2.08. The Morgan fingerprint density at radius 2 is 2.00 bits per heavy atom. The maximum absolute atomic E-state index is 13.2. The summed E-state index contributed by atoms with van der Waals surface area (Å²) in [6.07, 6.45) is 0. The van der Waals surface area contributed by atoms with E-state index in [2.05, 4.69) is 15.9 Å². The van der Waals surface area contributed by atoms with Gasteiger partial charge >= 0.3 is 5.97 Å². The van der Waals surface area contributed by atoms with Crippen molar-refractivity contribution < 1.29 is 18.7 Å². The van der Waals surface area contributed by atoms with Crippen molar-refractivity contribution in [2.24, 2.45) is 0 Å². The predicted molar refractivity (Wildman–Crippen MR) is 50.7 cm³/mol. The molecule has 0 heterocycles. The number of halogens is 3. The minimum atomic E-state index is -1.48. The van der Waals surface area contributed by atoms with Crippen LogP contribution in [0.2, 0.25) is 0 Å². The van der Waals surface area contributed by atoms with Crippen LogP contribution in [0.15, 0.2) is 12.1 Å². The minimum Gasteiger partial charge on any atom is -0.478 e. The third-order valence-corrected chi connectivity index (χ3v) is 2.26. The molecule has 0 amide bonds. The van der Waals surface area contributed by atoms with E-state index in [4.69, 9.17) is 5.11 Å². The number of benzene rings is 1. The van der Waals surface area contributed by atoms with Crippen LogP contribution in [0.4, 0.5) is 8.78 Å². The van der Waals surface area contributed by atoms with Gasteiger partial charge < -0.3 is 5.11 Å². The number of carboxylic acids is 1. The number of alkyl halides is 1. The summed E-state index contributed by atoms with van der Waals surface area (Å²) in [6.45, 7) is 1.62. The average molecular weight is 265 g/mol. The van der Waals surface area contributed by atoms with Gasteiger partial charge in [0.2, 0.25) is 0 Å². The molecule has 76 valence electrons. The lowest BCUT2D eigenvalue weighted by Gasteiger charge is -2.07. The highest BCUT2D eigenvalue weighted by atomic mass is 79.9. The van der Waals surface area contributed by atoms with E-state index in [9.17, 15) is 13.6 Å². The zero-order valence-corrected chi connectivity index (χ0v) is 8.81. The van der Waals surface area contributed by atoms with Gasteiger partial charge in [0.1, 0.15) is 0 Å². The smallest absolute Gasteiger partial charge is 0.338 e. The molecule has 0 aromatic heterocycles. The van der Waals surface area contributed by atoms with Crippen LogP contribution in [0.3, 0.4) is 0 Å². The summed E-state index contributed by atoms with van der Waals surface area (Å²) in [5.74, 6) is -3.91. The van der Waals surface area contributed by atoms with Gasteiger partial charge in [0, 0.05) is 10.4 Å². The first kappa shape index (κ1) is 11.1. The molecule has 0 aliphatic heterocycles. The largest absolute Gasteiger partial charge is 0.478 e. The van der Waals surface area contributed by atoms with Gasteiger partial charge in [-0.3, -0.25) is 0 Å². The number of carboxylic acid groups (broad SMARTS) is 1. The highest BCUT2D eigenvalue weighted by Crippen LogP contribution is 2.27. The summed E-state index contributed by atoms with van der Waals surface area (Å²) >= 11 is 3.07. The molecule has 2 nitrogen and oxygen atoms in total. The van der Waals surface area contributed by atoms with E-state index in [1.807, 2.05) is 0 Å². The first-order valence-corrected chi connectivity index (χ1v) is 4.72. The number of hydrogen-bond acceptors (Lipinski definition) is 1. The molecule has 14 heavy (non-hydrogen) atoms. The summed E-state index contributed by atoms with van der Waals surface area (Å²) in [5.41, 5.74) is -0.549. The van der Waals surface area contributed by atoms with Gasteiger partial charge in [0.05, 0.1) is 5.56 Å². The Hall–Kier alpha value is -0.970. The van der Waals surface area contributed by atoms with Gasteiger partial charge in [-0.15, -0.1) is 0 Å². The lowest BCUT2D eigenvalue weighted by molar-refractivity contribution is 0.0690. The van der Waals surface area contributed by atoms with Crippen molar-refractivity contribution in [3.63, 3.8) is 0 Å². The zero-order valence-electron chi connectivity index (χ0n) is 7.22. The van der Waals surface area contributed by atoms with E-state index >= 15 is 0 Å². The van der Waals surface area contributed by atoms with Crippen LogP contribution in [0.1, 0.15) is 27.7 Å². The van der Waals surface area contributed by atoms with Crippen molar-refractivity contribution in [3.8, 4) is 0 Å². The van der Waals surface area contributed by atoms with E-state index in [0.29, 0.717) is 0 Å². The van der Waals surface area contributed by atoms with E-state index in [1.54, 1.807) is 6.92 Å². The maximum Gasteiger partial charge on any atom is 0.338 e. The standard InChI is InChI=1S/C9H7BrF2O2/c1-4(10)5-2-3-6(9(13)14)8(12)7(5)11/h2-4H,1H3,(H,13,14). The lowest BCUT2D eigenvalue weighted by atomic mass is 10.1.